The van der Waals surface area contributed by atoms with Crippen molar-refractivity contribution >= 4 is 47.1 Å². The number of rotatable bonds is 9. The molecule has 0 aliphatic rings. The molecular weight excluding hydrogens is 426 g/mol. The molecule has 30 heavy (non-hydrogen) atoms. The molecule has 0 aliphatic heterocycles. The number of nitrogens with one attached hydrogen (secondary N) is 2. The number of hydrogen-bond acceptors (Lipinski definition) is 8. The molecule has 2 aromatic carbocycles. The minimum absolute atomic E-state index is 0.119. The highest BCUT2D eigenvalue weighted by Gasteiger charge is 2.12. The van der Waals surface area contributed by atoms with Gasteiger partial charge in [-0.2, -0.15) is 5.10 Å². The first-order valence-corrected chi connectivity index (χ1v) is 10.3. The monoisotopic (exact) mass is 445 g/mol. The number of aromatic nitrogens is 3. The molecule has 156 valence electrons. The molecule has 1 heterocycles. The van der Waals surface area contributed by atoms with Gasteiger partial charge in [-0.05, 0) is 48.9 Å². The topological polar surface area (TPSA) is 119 Å². The first-order chi connectivity index (χ1) is 14.5. The van der Waals surface area contributed by atoms with Gasteiger partial charge in [0, 0.05) is 10.7 Å². The van der Waals surface area contributed by atoms with Gasteiger partial charge in [0.05, 0.1) is 18.6 Å². The summed E-state index contributed by atoms with van der Waals surface area (Å²) >= 11 is 7.09. The van der Waals surface area contributed by atoms with Crippen molar-refractivity contribution in [1.29, 1.82) is 0 Å². The molecule has 0 bridgehead atoms. The second-order valence-corrected chi connectivity index (χ2v) is 7.27. The second-order valence-electron chi connectivity index (χ2n) is 5.90. The van der Waals surface area contributed by atoms with Gasteiger partial charge in [0.15, 0.2) is 0 Å². The number of carbonyl (C=O) groups is 1. The Morgan fingerprint density at radius 2 is 2.10 bits per heavy atom. The van der Waals surface area contributed by atoms with Crippen molar-refractivity contribution < 1.29 is 9.53 Å². The minimum atomic E-state index is -0.194. The fourth-order valence-electron chi connectivity index (χ4n) is 2.33. The zero-order valence-electron chi connectivity index (χ0n) is 16.1. The lowest BCUT2D eigenvalue weighted by Gasteiger charge is -2.07. The van der Waals surface area contributed by atoms with Gasteiger partial charge in [-0.25, -0.2) is 10.1 Å². The van der Waals surface area contributed by atoms with Crippen LogP contribution < -0.4 is 21.3 Å². The Balaban J connectivity index is 1.50. The number of amides is 1. The number of hydrazone groups is 1. The summed E-state index contributed by atoms with van der Waals surface area (Å²) in [4.78, 5) is 12.2. The lowest BCUT2D eigenvalue weighted by Crippen LogP contribution is -2.16. The normalized spacial score (nSPS) is 10.9. The Bertz CT molecular complexity index is 1020. The Morgan fingerprint density at radius 1 is 1.30 bits per heavy atom. The summed E-state index contributed by atoms with van der Waals surface area (Å²) in [5.74, 6) is 6.87. The molecule has 9 nitrogen and oxygen atoms in total. The van der Waals surface area contributed by atoms with Gasteiger partial charge in [-0.1, -0.05) is 35.5 Å². The van der Waals surface area contributed by atoms with Gasteiger partial charge >= 0.3 is 0 Å². The van der Waals surface area contributed by atoms with E-state index in [9.17, 15) is 4.79 Å². The molecule has 0 aliphatic carbocycles. The number of anilines is 2. The van der Waals surface area contributed by atoms with E-state index in [1.165, 1.54) is 4.68 Å². The number of hydrogen-bond donors (Lipinski definition) is 3. The van der Waals surface area contributed by atoms with Crippen LogP contribution in [0.4, 0.5) is 11.6 Å². The second kappa shape index (κ2) is 10.5. The third-order valence-electron chi connectivity index (χ3n) is 3.67. The number of nitrogens with two attached hydrogens (primary N) is 1. The largest absolute Gasteiger partial charge is 0.494 e. The average molecular weight is 446 g/mol. The first-order valence-electron chi connectivity index (χ1n) is 8.96. The number of nitrogen functional groups attached to an aromatic ring is 1. The van der Waals surface area contributed by atoms with E-state index in [1.807, 2.05) is 19.1 Å². The van der Waals surface area contributed by atoms with E-state index in [0.29, 0.717) is 22.5 Å². The summed E-state index contributed by atoms with van der Waals surface area (Å²) in [5.41, 5.74) is 4.20. The predicted molar refractivity (Wildman–Crippen MR) is 120 cm³/mol. The summed E-state index contributed by atoms with van der Waals surface area (Å²) in [5, 5.41) is 15.7. The van der Waals surface area contributed by atoms with Crippen LogP contribution in [-0.4, -0.2) is 39.4 Å². The number of nitrogens with zero attached hydrogens (tertiary/aromatic N) is 4. The van der Waals surface area contributed by atoms with Crippen LogP contribution in [0.15, 0.2) is 58.8 Å². The van der Waals surface area contributed by atoms with Crippen LogP contribution in [0.25, 0.3) is 0 Å². The molecule has 4 N–H and O–H groups in total. The van der Waals surface area contributed by atoms with E-state index in [-0.39, 0.29) is 17.6 Å². The Kier molecular flexibility index (Phi) is 7.52. The number of halogens is 1. The molecule has 0 radical (unpaired) electrons. The Labute approximate surface area is 182 Å². The standard InChI is InChI=1S/C19H20ClN7O2S/c1-2-29-16-8-6-15(7-9-16)23-17(28)12-30-19-26-25-18(27(19)21)24-22-11-13-4-3-5-14(20)10-13/h3-11H,2,12,21H2,1H3,(H,23,28)(H,24,25)/b22-11+. The van der Waals surface area contributed by atoms with E-state index >= 15 is 0 Å². The lowest BCUT2D eigenvalue weighted by atomic mass is 10.2. The van der Waals surface area contributed by atoms with Crippen LogP contribution in [-0.2, 0) is 4.79 Å². The smallest absolute Gasteiger partial charge is 0.264 e. The fraction of sp³-hybridized carbons (Fsp3) is 0.158. The molecule has 0 spiro atoms. The van der Waals surface area contributed by atoms with Gasteiger partial charge in [-0.3, -0.25) is 4.79 Å². The van der Waals surface area contributed by atoms with Crippen LogP contribution >= 0.6 is 23.4 Å². The molecule has 0 atom stereocenters. The van der Waals surface area contributed by atoms with Crippen LogP contribution in [0.5, 0.6) is 5.75 Å². The van der Waals surface area contributed by atoms with Crippen molar-refractivity contribution in [3.05, 3.63) is 59.1 Å². The van der Waals surface area contributed by atoms with Gasteiger partial charge in [0.25, 0.3) is 5.95 Å². The number of benzene rings is 2. The Morgan fingerprint density at radius 3 is 2.83 bits per heavy atom. The summed E-state index contributed by atoms with van der Waals surface area (Å²) in [6, 6.07) is 14.4. The maximum absolute atomic E-state index is 12.2. The van der Waals surface area contributed by atoms with Crippen LogP contribution in [0, 0.1) is 0 Å². The van der Waals surface area contributed by atoms with Crippen molar-refractivity contribution in [2.24, 2.45) is 5.10 Å². The SMILES string of the molecule is CCOc1ccc(NC(=O)CSc2nnc(N/N=C/c3cccc(Cl)c3)n2N)cc1. The first kappa shape index (κ1) is 21.5. The summed E-state index contributed by atoms with van der Waals surface area (Å²) < 4.78 is 6.60. The van der Waals surface area contributed by atoms with Gasteiger partial charge in [0.2, 0.25) is 11.1 Å². The highest BCUT2D eigenvalue weighted by molar-refractivity contribution is 7.99. The third-order valence-corrected chi connectivity index (χ3v) is 4.85. The van der Waals surface area contributed by atoms with Crippen LogP contribution in [0.2, 0.25) is 5.02 Å². The summed E-state index contributed by atoms with van der Waals surface area (Å²) in [7, 11) is 0. The van der Waals surface area contributed by atoms with Gasteiger partial charge < -0.3 is 15.9 Å². The van der Waals surface area contributed by atoms with E-state index in [4.69, 9.17) is 22.2 Å². The third kappa shape index (κ3) is 6.13. The molecule has 1 amide bonds. The van der Waals surface area contributed by atoms with Crippen molar-refractivity contribution in [3.63, 3.8) is 0 Å². The summed E-state index contributed by atoms with van der Waals surface area (Å²) in [6.45, 7) is 2.50. The molecule has 3 rings (SSSR count). The van der Waals surface area contributed by atoms with Crippen molar-refractivity contribution in [2.75, 3.05) is 28.9 Å². The maximum Gasteiger partial charge on any atom is 0.264 e. The Hall–Kier alpha value is -3.24. The quantitative estimate of drug-likeness (QED) is 0.200. The molecule has 0 fully saturated rings. The number of thioether (sulfide) groups is 1. The summed E-state index contributed by atoms with van der Waals surface area (Å²) in [6.07, 6.45) is 1.58. The van der Waals surface area contributed by atoms with Crippen molar-refractivity contribution in [2.45, 2.75) is 12.1 Å². The van der Waals surface area contributed by atoms with E-state index < -0.39 is 0 Å². The zero-order valence-corrected chi connectivity index (χ0v) is 17.7. The van der Waals surface area contributed by atoms with Crippen LogP contribution in [0.1, 0.15) is 12.5 Å². The molecular formula is C19H20ClN7O2S. The molecule has 1 aromatic heterocycles. The molecule has 11 heteroatoms. The van der Waals surface area contributed by atoms with Gasteiger partial charge in [0.1, 0.15) is 5.75 Å². The fourth-order valence-corrected chi connectivity index (χ4v) is 3.19. The molecule has 3 aromatic rings. The van der Waals surface area contributed by atoms with E-state index in [0.717, 1.165) is 23.1 Å². The van der Waals surface area contributed by atoms with E-state index in [1.54, 1.807) is 42.6 Å². The molecule has 0 saturated carbocycles. The highest BCUT2D eigenvalue weighted by Crippen LogP contribution is 2.19. The maximum atomic E-state index is 12.2. The lowest BCUT2D eigenvalue weighted by molar-refractivity contribution is -0.113. The molecule has 0 saturated heterocycles. The zero-order chi connectivity index (χ0) is 21.3. The van der Waals surface area contributed by atoms with E-state index in [2.05, 4.69) is 26.0 Å². The number of ether oxygens (including phenoxy) is 1. The average Bonchev–Trinajstić information content (AvgIpc) is 3.08. The van der Waals surface area contributed by atoms with Crippen molar-refractivity contribution in [3.8, 4) is 5.75 Å². The van der Waals surface area contributed by atoms with Gasteiger partial charge in [-0.15, -0.1) is 10.2 Å². The van der Waals surface area contributed by atoms with Crippen molar-refractivity contribution in [1.82, 2.24) is 14.9 Å². The van der Waals surface area contributed by atoms with Crippen LogP contribution in [0.3, 0.4) is 0 Å². The number of carbonyl (C=O) groups excluding carboxylic acids is 1. The predicted octanol–water partition coefficient (Wildman–Crippen LogP) is 3.22. The minimum Gasteiger partial charge on any atom is -0.494 e. The highest BCUT2D eigenvalue weighted by atomic mass is 35.5. The molecule has 0 unspecified atom stereocenters.